The first kappa shape index (κ1) is 16.4. The maximum atomic E-state index is 13.8. The number of carbonyl (C=O) groups excluding carboxylic acids is 1. The van der Waals surface area contributed by atoms with E-state index in [1.54, 1.807) is 18.2 Å². The van der Waals surface area contributed by atoms with Crippen molar-refractivity contribution < 1.29 is 13.6 Å². The zero-order valence-electron chi connectivity index (χ0n) is 14.4. The predicted molar refractivity (Wildman–Crippen MR) is 95.1 cm³/mol. The molecule has 0 fully saturated rings. The Morgan fingerprint density at radius 3 is 2.81 bits per heavy atom. The van der Waals surface area contributed by atoms with Gasteiger partial charge in [-0.3, -0.25) is 4.79 Å². The molecule has 1 aliphatic heterocycles. The summed E-state index contributed by atoms with van der Waals surface area (Å²) in [5.41, 5.74) is 2.43. The highest BCUT2D eigenvalue weighted by Gasteiger charge is 2.30. The van der Waals surface area contributed by atoms with E-state index < -0.39 is 5.82 Å². The molecule has 0 saturated heterocycles. The van der Waals surface area contributed by atoms with Crippen molar-refractivity contribution in [1.29, 1.82) is 0 Å². The second kappa shape index (κ2) is 6.71. The molecule has 1 unspecified atom stereocenters. The molecule has 1 aliphatic rings. The Morgan fingerprint density at radius 1 is 1.19 bits per heavy atom. The Hall–Kier alpha value is -3.02. The fourth-order valence-electron chi connectivity index (χ4n) is 3.38. The van der Waals surface area contributed by atoms with Crippen molar-refractivity contribution in [1.82, 2.24) is 10.2 Å². The van der Waals surface area contributed by atoms with Gasteiger partial charge in [0.1, 0.15) is 5.82 Å². The molecule has 2 aromatic carbocycles. The molecule has 132 valence electrons. The lowest BCUT2D eigenvalue weighted by atomic mass is 10.1. The largest absolute Gasteiger partial charge is 0.421 e. The van der Waals surface area contributed by atoms with E-state index in [0.29, 0.717) is 12.3 Å². The molecule has 4 rings (SSSR count). The lowest BCUT2D eigenvalue weighted by Crippen LogP contribution is -2.35. The number of nitrogens with zero attached hydrogens (tertiary/aromatic N) is 3. The summed E-state index contributed by atoms with van der Waals surface area (Å²) >= 11 is 0. The Bertz CT molecular complexity index is 953. The number of hydrogen-bond donors (Lipinski definition) is 0. The zero-order chi connectivity index (χ0) is 18.1. The van der Waals surface area contributed by atoms with Crippen LogP contribution in [0.25, 0.3) is 11.5 Å². The fraction of sp³-hybridized carbons (Fsp3) is 0.250. The van der Waals surface area contributed by atoms with Crippen LogP contribution in [0.2, 0.25) is 0 Å². The summed E-state index contributed by atoms with van der Waals surface area (Å²) in [4.78, 5) is 14.5. The Labute approximate surface area is 150 Å². The smallest absolute Gasteiger partial charge is 0.250 e. The van der Waals surface area contributed by atoms with Crippen LogP contribution in [0.5, 0.6) is 0 Å². The Kier molecular flexibility index (Phi) is 4.24. The second-order valence-electron chi connectivity index (χ2n) is 6.43. The van der Waals surface area contributed by atoms with Crippen molar-refractivity contribution >= 4 is 11.6 Å². The molecule has 0 bridgehead atoms. The van der Waals surface area contributed by atoms with E-state index in [4.69, 9.17) is 4.42 Å². The van der Waals surface area contributed by atoms with E-state index in [2.05, 4.69) is 16.3 Å². The van der Waals surface area contributed by atoms with Gasteiger partial charge in [-0.2, -0.15) is 0 Å². The summed E-state index contributed by atoms with van der Waals surface area (Å²) in [6.07, 6.45) is 1.45. The van der Waals surface area contributed by atoms with Crippen LogP contribution in [-0.2, 0) is 17.6 Å². The highest BCUT2D eigenvalue weighted by molar-refractivity contribution is 5.96. The van der Waals surface area contributed by atoms with Crippen LogP contribution in [0, 0.1) is 5.82 Å². The first-order chi connectivity index (χ1) is 12.6. The summed E-state index contributed by atoms with van der Waals surface area (Å²) in [5, 5.41) is 7.83. The number of benzene rings is 2. The van der Waals surface area contributed by atoms with Gasteiger partial charge in [-0.05, 0) is 37.1 Å². The lowest BCUT2D eigenvalue weighted by molar-refractivity contribution is -0.118. The molecule has 26 heavy (non-hydrogen) atoms. The molecule has 1 atom stereocenters. The van der Waals surface area contributed by atoms with E-state index in [1.165, 1.54) is 11.6 Å². The average molecular weight is 351 g/mol. The van der Waals surface area contributed by atoms with Gasteiger partial charge in [0.25, 0.3) is 5.89 Å². The minimum atomic E-state index is -0.415. The van der Waals surface area contributed by atoms with Gasteiger partial charge in [0.05, 0.1) is 5.56 Å². The standard InChI is InChI=1S/C20H18FN3O2/c1-13-12-14-6-2-5-9-17(14)24(13)19(25)11-10-18-22-23-20(26-18)15-7-3-4-8-16(15)21/h2-9,13H,10-12H2,1H3. The highest BCUT2D eigenvalue weighted by atomic mass is 19.1. The van der Waals surface area contributed by atoms with Crippen molar-refractivity contribution in [2.75, 3.05) is 4.90 Å². The number of amides is 1. The predicted octanol–water partition coefficient (Wildman–Crippen LogP) is 3.79. The summed E-state index contributed by atoms with van der Waals surface area (Å²) in [7, 11) is 0. The maximum absolute atomic E-state index is 13.8. The Balaban J connectivity index is 1.45. The Morgan fingerprint density at radius 2 is 1.96 bits per heavy atom. The van der Waals surface area contributed by atoms with Crippen LogP contribution in [-0.4, -0.2) is 22.1 Å². The van der Waals surface area contributed by atoms with E-state index in [-0.39, 0.29) is 29.8 Å². The molecule has 1 amide bonds. The van der Waals surface area contributed by atoms with E-state index in [9.17, 15) is 9.18 Å². The van der Waals surface area contributed by atoms with Crippen LogP contribution in [0.1, 0.15) is 24.8 Å². The zero-order valence-corrected chi connectivity index (χ0v) is 14.4. The third kappa shape index (κ3) is 2.98. The molecule has 1 aromatic heterocycles. The summed E-state index contributed by atoms with van der Waals surface area (Å²) in [6.45, 7) is 2.04. The van der Waals surface area contributed by atoms with Gasteiger partial charge in [-0.25, -0.2) is 4.39 Å². The van der Waals surface area contributed by atoms with Gasteiger partial charge in [0.2, 0.25) is 11.8 Å². The van der Waals surface area contributed by atoms with Gasteiger partial charge >= 0.3 is 0 Å². The first-order valence-electron chi connectivity index (χ1n) is 8.60. The molecular formula is C20H18FN3O2. The molecule has 0 aliphatic carbocycles. The minimum absolute atomic E-state index is 0.0214. The number of halogens is 1. The molecular weight excluding hydrogens is 333 g/mol. The van der Waals surface area contributed by atoms with Crippen LogP contribution >= 0.6 is 0 Å². The van der Waals surface area contributed by atoms with Gasteiger partial charge in [-0.15, -0.1) is 10.2 Å². The summed E-state index contributed by atoms with van der Waals surface area (Å²) in [6, 6.07) is 14.3. The number of anilines is 1. The second-order valence-corrected chi connectivity index (χ2v) is 6.43. The molecule has 2 heterocycles. The topological polar surface area (TPSA) is 59.2 Å². The van der Waals surface area contributed by atoms with E-state index in [1.807, 2.05) is 30.0 Å². The van der Waals surface area contributed by atoms with Crippen LogP contribution in [0.15, 0.2) is 52.9 Å². The summed E-state index contributed by atoms with van der Waals surface area (Å²) < 4.78 is 19.3. The van der Waals surface area contributed by atoms with Crippen LogP contribution in [0.3, 0.4) is 0 Å². The van der Waals surface area contributed by atoms with Crippen LogP contribution in [0.4, 0.5) is 10.1 Å². The van der Waals surface area contributed by atoms with E-state index >= 15 is 0 Å². The number of aryl methyl sites for hydroxylation is 1. The van der Waals surface area contributed by atoms with Crippen molar-refractivity contribution in [3.8, 4) is 11.5 Å². The number of para-hydroxylation sites is 1. The molecule has 0 radical (unpaired) electrons. The van der Waals surface area contributed by atoms with Gasteiger partial charge < -0.3 is 9.32 Å². The van der Waals surface area contributed by atoms with Crippen molar-refractivity contribution in [3.63, 3.8) is 0 Å². The van der Waals surface area contributed by atoms with Crippen LogP contribution < -0.4 is 4.90 Å². The van der Waals surface area contributed by atoms with Crippen molar-refractivity contribution in [2.45, 2.75) is 32.2 Å². The van der Waals surface area contributed by atoms with Crippen molar-refractivity contribution in [2.24, 2.45) is 0 Å². The highest BCUT2D eigenvalue weighted by Crippen LogP contribution is 2.32. The molecule has 3 aromatic rings. The third-order valence-corrected chi connectivity index (χ3v) is 4.60. The monoisotopic (exact) mass is 351 g/mol. The maximum Gasteiger partial charge on any atom is 0.250 e. The van der Waals surface area contributed by atoms with Gasteiger partial charge in [0.15, 0.2) is 0 Å². The number of hydrogen-bond acceptors (Lipinski definition) is 4. The first-order valence-corrected chi connectivity index (χ1v) is 8.60. The van der Waals surface area contributed by atoms with Gasteiger partial charge in [0, 0.05) is 24.6 Å². The number of aromatic nitrogens is 2. The number of fused-ring (bicyclic) bond motifs is 1. The quantitative estimate of drug-likeness (QED) is 0.718. The molecule has 0 N–H and O–H groups in total. The summed E-state index contributed by atoms with van der Waals surface area (Å²) in [5.74, 6) is 0.0662. The normalized spacial score (nSPS) is 15.9. The molecule has 0 spiro atoms. The number of carbonyl (C=O) groups is 1. The van der Waals surface area contributed by atoms with E-state index in [0.717, 1.165) is 12.1 Å². The fourth-order valence-corrected chi connectivity index (χ4v) is 3.38. The molecule has 6 heteroatoms. The molecule has 0 saturated carbocycles. The average Bonchev–Trinajstić information content (AvgIpc) is 3.23. The number of rotatable bonds is 4. The van der Waals surface area contributed by atoms with Crippen molar-refractivity contribution in [3.05, 3.63) is 65.8 Å². The lowest BCUT2D eigenvalue weighted by Gasteiger charge is -2.22. The SMILES string of the molecule is CC1Cc2ccccc2N1C(=O)CCc1nnc(-c2ccccc2F)o1. The van der Waals surface area contributed by atoms with Gasteiger partial charge in [-0.1, -0.05) is 30.3 Å². The molecule has 5 nitrogen and oxygen atoms in total. The minimum Gasteiger partial charge on any atom is -0.421 e. The third-order valence-electron chi connectivity index (χ3n) is 4.60.